The summed E-state index contributed by atoms with van der Waals surface area (Å²) in [6, 6.07) is 11.1. The predicted octanol–water partition coefficient (Wildman–Crippen LogP) is 3.17. The average molecular weight is 350 g/mol. The molecule has 3 aliphatic rings. The monoisotopic (exact) mass is 350 g/mol. The zero-order valence-electron chi connectivity index (χ0n) is 15.1. The maximum Gasteiger partial charge on any atom is 0.128 e. The van der Waals surface area contributed by atoms with Crippen LogP contribution in [0.3, 0.4) is 0 Å². The van der Waals surface area contributed by atoms with Crippen LogP contribution in [-0.4, -0.2) is 43.1 Å². The minimum absolute atomic E-state index is 0.567. The second-order valence-corrected chi connectivity index (χ2v) is 7.59. The SMILES string of the molecule is c1ccc(C2=NCN(C3CCNCC3)c3cc[nH]c32)c(OCC2CC2)c1. The van der Waals surface area contributed by atoms with Crippen LogP contribution in [0.25, 0.3) is 0 Å². The zero-order chi connectivity index (χ0) is 17.3. The van der Waals surface area contributed by atoms with Crippen molar-refractivity contribution in [1.29, 1.82) is 0 Å². The molecule has 5 rings (SSSR count). The molecule has 3 heterocycles. The Morgan fingerprint density at radius 2 is 1.92 bits per heavy atom. The molecule has 1 aromatic carbocycles. The van der Waals surface area contributed by atoms with E-state index in [0.717, 1.165) is 55.0 Å². The summed E-state index contributed by atoms with van der Waals surface area (Å²) in [7, 11) is 0. The minimum atomic E-state index is 0.567. The molecule has 0 bridgehead atoms. The van der Waals surface area contributed by atoms with Gasteiger partial charge in [0.15, 0.2) is 0 Å². The summed E-state index contributed by atoms with van der Waals surface area (Å²) >= 11 is 0. The van der Waals surface area contributed by atoms with E-state index in [1.54, 1.807) is 0 Å². The number of nitrogens with zero attached hydrogens (tertiary/aromatic N) is 2. The summed E-state index contributed by atoms with van der Waals surface area (Å²) in [5.41, 5.74) is 4.53. The maximum atomic E-state index is 6.13. The van der Waals surface area contributed by atoms with Crippen LogP contribution in [-0.2, 0) is 0 Å². The third kappa shape index (κ3) is 3.01. The molecule has 1 aromatic heterocycles. The Kier molecular flexibility index (Phi) is 4.17. The number of benzene rings is 1. The van der Waals surface area contributed by atoms with Crippen LogP contribution in [0, 0.1) is 5.92 Å². The molecule has 0 atom stereocenters. The number of piperidine rings is 1. The molecule has 5 nitrogen and oxygen atoms in total. The molecule has 2 N–H and O–H groups in total. The summed E-state index contributed by atoms with van der Waals surface area (Å²) in [6.07, 6.45) is 6.99. The van der Waals surface area contributed by atoms with Gasteiger partial charge in [-0.2, -0.15) is 0 Å². The Balaban J connectivity index is 1.45. The van der Waals surface area contributed by atoms with Crippen molar-refractivity contribution >= 4 is 11.4 Å². The molecule has 1 aliphatic carbocycles. The number of para-hydroxylation sites is 1. The first-order valence-electron chi connectivity index (χ1n) is 9.82. The normalized spacial score (nSPS) is 20.6. The third-order valence-electron chi connectivity index (χ3n) is 5.72. The zero-order valence-corrected chi connectivity index (χ0v) is 15.1. The molecular formula is C21H26N4O. The maximum absolute atomic E-state index is 6.13. The van der Waals surface area contributed by atoms with Gasteiger partial charge in [0.25, 0.3) is 0 Å². The van der Waals surface area contributed by atoms with Crippen LogP contribution in [0.15, 0.2) is 41.5 Å². The van der Waals surface area contributed by atoms with Gasteiger partial charge in [-0.25, -0.2) is 0 Å². The second kappa shape index (κ2) is 6.80. The third-order valence-corrected chi connectivity index (χ3v) is 5.72. The molecular weight excluding hydrogens is 324 g/mol. The topological polar surface area (TPSA) is 52.7 Å². The average Bonchev–Trinajstić information content (AvgIpc) is 3.40. The first-order chi connectivity index (χ1) is 12.9. The molecule has 2 aromatic rings. The van der Waals surface area contributed by atoms with E-state index < -0.39 is 0 Å². The van der Waals surface area contributed by atoms with Crippen LogP contribution >= 0.6 is 0 Å². The smallest absolute Gasteiger partial charge is 0.128 e. The summed E-state index contributed by atoms with van der Waals surface area (Å²) in [5.74, 6) is 1.70. The van der Waals surface area contributed by atoms with Crippen LogP contribution in [0.1, 0.15) is 36.9 Å². The highest BCUT2D eigenvalue weighted by Gasteiger charge is 2.30. The Morgan fingerprint density at radius 3 is 2.77 bits per heavy atom. The van der Waals surface area contributed by atoms with E-state index in [1.165, 1.54) is 31.4 Å². The fourth-order valence-corrected chi connectivity index (χ4v) is 4.02. The highest BCUT2D eigenvalue weighted by atomic mass is 16.5. The molecule has 136 valence electrons. The number of ether oxygens (including phenoxy) is 1. The quantitative estimate of drug-likeness (QED) is 0.871. The molecule has 0 radical (unpaired) electrons. The van der Waals surface area contributed by atoms with Crippen molar-refractivity contribution in [3.05, 3.63) is 47.8 Å². The highest BCUT2D eigenvalue weighted by Crippen LogP contribution is 2.34. The standard InChI is InChI=1S/C21H26N4O/c1-2-4-19(26-13-15-5-6-15)17(3-1)20-21-18(9-12-23-21)25(14-24-20)16-7-10-22-11-8-16/h1-4,9,12,15-16,22-23H,5-8,10-11,13-14H2. The van der Waals surface area contributed by atoms with Crippen LogP contribution in [0.4, 0.5) is 5.69 Å². The predicted molar refractivity (Wildman–Crippen MR) is 104 cm³/mol. The van der Waals surface area contributed by atoms with Gasteiger partial charge in [0.2, 0.25) is 0 Å². The lowest BCUT2D eigenvalue weighted by Crippen LogP contribution is -2.45. The lowest BCUT2D eigenvalue weighted by atomic mass is 10.0. The minimum Gasteiger partial charge on any atom is -0.493 e. The van der Waals surface area contributed by atoms with Crippen molar-refractivity contribution in [3.63, 3.8) is 0 Å². The number of rotatable bonds is 5. The van der Waals surface area contributed by atoms with Gasteiger partial charge in [-0.3, -0.25) is 4.99 Å². The lowest BCUT2D eigenvalue weighted by molar-refractivity contribution is 0.299. The Hall–Kier alpha value is -2.27. The van der Waals surface area contributed by atoms with Crippen molar-refractivity contribution in [2.45, 2.75) is 31.7 Å². The number of aliphatic imine (C=N–C) groups is 1. The van der Waals surface area contributed by atoms with Crippen molar-refractivity contribution in [2.75, 3.05) is 31.3 Å². The van der Waals surface area contributed by atoms with E-state index in [1.807, 2.05) is 12.3 Å². The largest absolute Gasteiger partial charge is 0.493 e. The Bertz CT molecular complexity index is 802. The molecule has 1 saturated carbocycles. The Labute approximate surface area is 154 Å². The van der Waals surface area contributed by atoms with E-state index in [9.17, 15) is 0 Å². The first kappa shape index (κ1) is 15.9. The fourth-order valence-electron chi connectivity index (χ4n) is 4.02. The summed E-state index contributed by atoms with van der Waals surface area (Å²) in [4.78, 5) is 10.9. The summed E-state index contributed by atoms with van der Waals surface area (Å²) in [5, 5.41) is 3.46. The highest BCUT2D eigenvalue weighted by molar-refractivity contribution is 6.17. The van der Waals surface area contributed by atoms with Crippen molar-refractivity contribution in [1.82, 2.24) is 10.3 Å². The molecule has 2 aliphatic heterocycles. The number of H-pyrrole nitrogens is 1. The van der Waals surface area contributed by atoms with Crippen molar-refractivity contribution < 1.29 is 4.74 Å². The van der Waals surface area contributed by atoms with Gasteiger partial charge < -0.3 is 19.9 Å². The number of aromatic amines is 1. The summed E-state index contributed by atoms with van der Waals surface area (Å²) < 4.78 is 6.13. The van der Waals surface area contributed by atoms with E-state index >= 15 is 0 Å². The molecule has 5 heteroatoms. The first-order valence-corrected chi connectivity index (χ1v) is 9.82. The van der Waals surface area contributed by atoms with Gasteiger partial charge in [-0.05, 0) is 62.9 Å². The van der Waals surface area contributed by atoms with Gasteiger partial charge in [0.1, 0.15) is 12.4 Å². The lowest BCUT2D eigenvalue weighted by Gasteiger charge is -2.37. The number of hydrogen-bond acceptors (Lipinski definition) is 4. The molecule has 1 saturated heterocycles. The fraction of sp³-hybridized carbons (Fsp3) is 0.476. The van der Waals surface area contributed by atoms with Crippen LogP contribution in [0.5, 0.6) is 5.75 Å². The van der Waals surface area contributed by atoms with E-state index in [-0.39, 0.29) is 0 Å². The molecule has 2 fully saturated rings. The summed E-state index contributed by atoms with van der Waals surface area (Å²) in [6.45, 7) is 3.73. The molecule has 26 heavy (non-hydrogen) atoms. The van der Waals surface area contributed by atoms with Gasteiger partial charge in [-0.1, -0.05) is 12.1 Å². The Morgan fingerprint density at radius 1 is 1.08 bits per heavy atom. The van der Waals surface area contributed by atoms with Gasteiger partial charge >= 0.3 is 0 Å². The van der Waals surface area contributed by atoms with E-state index in [4.69, 9.17) is 9.73 Å². The number of aromatic nitrogens is 1. The second-order valence-electron chi connectivity index (χ2n) is 7.59. The van der Waals surface area contributed by atoms with Gasteiger partial charge in [0, 0.05) is 17.8 Å². The molecule has 0 amide bonds. The van der Waals surface area contributed by atoms with E-state index in [0.29, 0.717) is 6.04 Å². The number of anilines is 1. The molecule has 0 unspecified atom stereocenters. The van der Waals surface area contributed by atoms with Gasteiger partial charge in [0.05, 0.1) is 23.7 Å². The van der Waals surface area contributed by atoms with Gasteiger partial charge in [-0.15, -0.1) is 0 Å². The number of nitrogens with one attached hydrogen (secondary N) is 2. The van der Waals surface area contributed by atoms with Crippen molar-refractivity contribution in [3.8, 4) is 5.75 Å². The van der Waals surface area contributed by atoms with Crippen LogP contribution < -0.4 is 15.0 Å². The number of fused-ring (bicyclic) bond motifs is 1. The van der Waals surface area contributed by atoms with Crippen LogP contribution in [0.2, 0.25) is 0 Å². The van der Waals surface area contributed by atoms with Crippen molar-refractivity contribution in [2.24, 2.45) is 10.9 Å². The van der Waals surface area contributed by atoms with E-state index in [2.05, 4.69) is 39.5 Å². The molecule has 0 spiro atoms. The number of hydrogen-bond donors (Lipinski definition) is 2.